The van der Waals surface area contributed by atoms with Crippen LogP contribution in [0.5, 0.6) is 0 Å². The number of carbonyl (C=O) groups excluding carboxylic acids is 1. The molecule has 30 heavy (non-hydrogen) atoms. The Morgan fingerprint density at radius 1 is 1.10 bits per heavy atom. The number of halogens is 2. The summed E-state index contributed by atoms with van der Waals surface area (Å²) in [6.45, 7) is 0. The number of pyridine rings is 1. The number of fused-ring (bicyclic) bond motifs is 1. The van der Waals surface area contributed by atoms with Crippen molar-refractivity contribution in [1.82, 2.24) is 4.98 Å². The number of benzene rings is 2. The molecular formula is C23H22Cl2N2O3. The Bertz CT molecular complexity index is 1100. The Morgan fingerprint density at radius 2 is 1.80 bits per heavy atom. The van der Waals surface area contributed by atoms with E-state index in [0.717, 1.165) is 47.8 Å². The van der Waals surface area contributed by atoms with Crippen molar-refractivity contribution in [3.05, 3.63) is 63.8 Å². The van der Waals surface area contributed by atoms with E-state index >= 15 is 0 Å². The van der Waals surface area contributed by atoms with Gasteiger partial charge in [0.05, 0.1) is 35.7 Å². The number of aromatic nitrogens is 1. The van der Waals surface area contributed by atoms with Crippen LogP contribution in [0.2, 0.25) is 10.0 Å². The maximum Gasteiger partial charge on any atom is 0.340 e. The molecule has 0 aliphatic heterocycles. The topological polar surface area (TPSA) is 71.5 Å². The second-order valence-electron chi connectivity index (χ2n) is 7.56. The SMILES string of the molecule is COC(=O)c1cc(Cl)ccc1Nc1c(C2CCC(O)CC2)cnc2ccc(Cl)cc12. The first-order chi connectivity index (χ1) is 14.5. The highest BCUT2D eigenvalue weighted by atomic mass is 35.5. The van der Waals surface area contributed by atoms with E-state index in [9.17, 15) is 9.90 Å². The van der Waals surface area contributed by atoms with E-state index in [-0.39, 0.29) is 12.0 Å². The van der Waals surface area contributed by atoms with Crippen molar-refractivity contribution in [1.29, 1.82) is 0 Å². The van der Waals surface area contributed by atoms with Gasteiger partial charge in [0.2, 0.25) is 0 Å². The summed E-state index contributed by atoms with van der Waals surface area (Å²) >= 11 is 12.4. The highest BCUT2D eigenvalue weighted by Crippen LogP contribution is 2.41. The Kier molecular flexibility index (Phi) is 6.14. The van der Waals surface area contributed by atoms with Crippen LogP contribution in [0.25, 0.3) is 10.9 Å². The zero-order valence-corrected chi connectivity index (χ0v) is 18.0. The van der Waals surface area contributed by atoms with Gasteiger partial charge in [0, 0.05) is 21.6 Å². The van der Waals surface area contributed by atoms with Gasteiger partial charge >= 0.3 is 5.97 Å². The van der Waals surface area contributed by atoms with E-state index in [1.54, 1.807) is 24.3 Å². The fourth-order valence-electron chi connectivity index (χ4n) is 4.06. The van der Waals surface area contributed by atoms with Gasteiger partial charge in [-0.25, -0.2) is 4.79 Å². The Morgan fingerprint density at radius 3 is 2.53 bits per heavy atom. The molecule has 1 aromatic heterocycles. The van der Waals surface area contributed by atoms with Crippen LogP contribution in [0.4, 0.5) is 11.4 Å². The molecule has 3 aromatic rings. The molecule has 1 aliphatic carbocycles. The Hall–Kier alpha value is -2.34. The third-order valence-electron chi connectivity index (χ3n) is 5.64. The van der Waals surface area contributed by atoms with Gasteiger partial charge in [-0.1, -0.05) is 23.2 Å². The molecule has 0 saturated heterocycles. The van der Waals surface area contributed by atoms with Crippen LogP contribution in [-0.2, 0) is 4.74 Å². The molecule has 0 radical (unpaired) electrons. The molecule has 0 unspecified atom stereocenters. The normalized spacial score (nSPS) is 18.9. The molecule has 7 heteroatoms. The maximum atomic E-state index is 12.3. The predicted molar refractivity (Wildman–Crippen MR) is 120 cm³/mol. The lowest BCUT2D eigenvalue weighted by Gasteiger charge is -2.28. The van der Waals surface area contributed by atoms with Gasteiger partial charge in [-0.3, -0.25) is 4.98 Å². The molecule has 0 atom stereocenters. The summed E-state index contributed by atoms with van der Waals surface area (Å²) in [5.41, 5.74) is 3.65. The van der Waals surface area contributed by atoms with Gasteiger partial charge in [0.25, 0.3) is 0 Å². The Labute approximate surface area is 185 Å². The number of hydrogen-bond acceptors (Lipinski definition) is 5. The molecule has 1 saturated carbocycles. The highest BCUT2D eigenvalue weighted by Gasteiger charge is 2.25. The molecule has 5 nitrogen and oxygen atoms in total. The first-order valence-corrected chi connectivity index (χ1v) is 10.6. The van der Waals surface area contributed by atoms with Crippen LogP contribution in [0.1, 0.15) is 47.5 Å². The smallest absolute Gasteiger partial charge is 0.340 e. The summed E-state index contributed by atoms with van der Waals surface area (Å²) in [4.78, 5) is 17.0. The number of carbonyl (C=O) groups is 1. The number of hydrogen-bond donors (Lipinski definition) is 2. The number of esters is 1. The zero-order chi connectivity index (χ0) is 21.3. The number of anilines is 2. The van der Waals surface area contributed by atoms with Crippen molar-refractivity contribution in [2.45, 2.75) is 37.7 Å². The molecule has 2 aromatic carbocycles. The molecular weight excluding hydrogens is 423 g/mol. The number of nitrogens with zero attached hydrogens (tertiary/aromatic N) is 1. The van der Waals surface area contributed by atoms with Crippen molar-refractivity contribution < 1.29 is 14.6 Å². The van der Waals surface area contributed by atoms with Gasteiger partial charge in [-0.2, -0.15) is 0 Å². The zero-order valence-electron chi connectivity index (χ0n) is 16.5. The van der Waals surface area contributed by atoms with Gasteiger partial charge in [-0.15, -0.1) is 0 Å². The van der Waals surface area contributed by atoms with Crippen LogP contribution in [0, 0.1) is 0 Å². The second kappa shape index (κ2) is 8.80. The summed E-state index contributed by atoms with van der Waals surface area (Å²) in [6, 6.07) is 10.6. The first-order valence-electron chi connectivity index (χ1n) is 9.87. The minimum Gasteiger partial charge on any atom is -0.465 e. The van der Waals surface area contributed by atoms with Gasteiger partial charge < -0.3 is 15.2 Å². The van der Waals surface area contributed by atoms with Gasteiger partial charge in [-0.05, 0) is 73.6 Å². The standard InChI is InChI=1S/C23H22Cl2N2O3/c1-30-23(29)18-11-15(25)5-9-21(18)27-22-17-10-14(24)4-8-20(17)26-12-19(22)13-2-6-16(28)7-3-13/h4-5,8-13,16,28H,2-3,6-7H2,1H3,(H,26,27). The molecule has 156 valence electrons. The minimum absolute atomic E-state index is 0.247. The molecule has 0 spiro atoms. The third-order valence-corrected chi connectivity index (χ3v) is 6.11. The quantitative estimate of drug-likeness (QED) is 0.476. The van der Waals surface area contributed by atoms with Crippen LogP contribution < -0.4 is 5.32 Å². The number of rotatable bonds is 4. The lowest BCUT2D eigenvalue weighted by Crippen LogP contribution is -2.18. The van der Waals surface area contributed by atoms with Crippen molar-refractivity contribution in [2.24, 2.45) is 0 Å². The average molecular weight is 445 g/mol. The number of aliphatic hydroxyl groups is 1. The molecule has 4 rings (SSSR count). The fourth-order valence-corrected chi connectivity index (χ4v) is 4.40. The molecule has 2 N–H and O–H groups in total. The van der Waals surface area contributed by atoms with E-state index in [0.29, 0.717) is 21.3 Å². The first kappa shape index (κ1) is 20.9. The maximum absolute atomic E-state index is 12.3. The minimum atomic E-state index is -0.473. The Balaban J connectivity index is 1.85. The summed E-state index contributed by atoms with van der Waals surface area (Å²) < 4.78 is 4.94. The van der Waals surface area contributed by atoms with E-state index in [2.05, 4.69) is 10.3 Å². The van der Waals surface area contributed by atoms with Crippen LogP contribution in [0.15, 0.2) is 42.6 Å². The van der Waals surface area contributed by atoms with Crippen molar-refractivity contribution in [3.8, 4) is 0 Å². The lowest BCUT2D eigenvalue weighted by atomic mass is 9.82. The second-order valence-corrected chi connectivity index (χ2v) is 8.43. The van der Waals surface area contributed by atoms with Crippen LogP contribution in [-0.4, -0.2) is 29.3 Å². The van der Waals surface area contributed by atoms with E-state index in [1.165, 1.54) is 7.11 Å². The summed E-state index contributed by atoms with van der Waals surface area (Å²) in [5.74, 6) is -0.223. The molecule has 1 aliphatic rings. The van der Waals surface area contributed by atoms with Crippen LogP contribution >= 0.6 is 23.2 Å². The largest absolute Gasteiger partial charge is 0.465 e. The van der Waals surface area contributed by atoms with Crippen molar-refractivity contribution in [3.63, 3.8) is 0 Å². The van der Waals surface area contributed by atoms with Crippen LogP contribution in [0.3, 0.4) is 0 Å². The van der Waals surface area contributed by atoms with E-state index < -0.39 is 5.97 Å². The fraction of sp³-hybridized carbons (Fsp3) is 0.304. The average Bonchev–Trinajstić information content (AvgIpc) is 2.75. The molecule has 0 bridgehead atoms. The monoisotopic (exact) mass is 444 g/mol. The number of methoxy groups -OCH3 is 1. The molecule has 0 amide bonds. The highest BCUT2D eigenvalue weighted by molar-refractivity contribution is 6.31. The third kappa shape index (κ3) is 4.24. The summed E-state index contributed by atoms with van der Waals surface area (Å²) in [7, 11) is 1.34. The van der Waals surface area contributed by atoms with Gasteiger partial charge in [0.1, 0.15) is 0 Å². The number of aliphatic hydroxyl groups excluding tert-OH is 1. The number of nitrogens with one attached hydrogen (secondary N) is 1. The predicted octanol–water partition coefficient (Wildman–Crippen LogP) is 6.09. The summed E-state index contributed by atoms with van der Waals surface area (Å²) in [5, 5.41) is 15.3. The van der Waals surface area contributed by atoms with E-state index in [4.69, 9.17) is 27.9 Å². The molecule has 1 fully saturated rings. The van der Waals surface area contributed by atoms with Crippen molar-refractivity contribution >= 4 is 51.4 Å². The number of ether oxygens (including phenoxy) is 1. The van der Waals surface area contributed by atoms with Gasteiger partial charge in [0.15, 0.2) is 0 Å². The molecule has 1 heterocycles. The summed E-state index contributed by atoms with van der Waals surface area (Å²) in [6.07, 6.45) is 4.89. The van der Waals surface area contributed by atoms with E-state index in [1.807, 2.05) is 18.3 Å². The lowest BCUT2D eigenvalue weighted by molar-refractivity contribution is 0.0602. The van der Waals surface area contributed by atoms with Crippen molar-refractivity contribution in [2.75, 3.05) is 12.4 Å².